The fourth-order valence-electron chi connectivity index (χ4n) is 3.29. The minimum absolute atomic E-state index is 0.160. The van der Waals surface area contributed by atoms with E-state index in [-0.39, 0.29) is 17.6 Å². The van der Waals surface area contributed by atoms with Crippen LogP contribution in [0.3, 0.4) is 0 Å². The van der Waals surface area contributed by atoms with E-state index in [9.17, 15) is 9.59 Å². The summed E-state index contributed by atoms with van der Waals surface area (Å²) in [4.78, 5) is 25.9. The van der Waals surface area contributed by atoms with Gasteiger partial charge in [0.15, 0.2) is 0 Å². The zero-order valence-corrected chi connectivity index (χ0v) is 19.4. The summed E-state index contributed by atoms with van der Waals surface area (Å²) in [6.07, 6.45) is 0. The van der Waals surface area contributed by atoms with Crippen molar-refractivity contribution in [1.29, 1.82) is 0 Å². The van der Waals surface area contributed by atoms with Gasteiger partial charge in [0, 0.05) is 21.8 Å². The molecule has 0 aliphatic rings. The number of halogens is 1. The number of benzene rings is 4. The molecule has 0 atom stereocenters. The minimum atomic E-state index is -0.183. The Kier molecular flexibility index (Phi) is 7.17. The molecule has 7 heteroatoms. The summed E-state index contributed by atoms with van der Waals surface area (Å²) in [5.74, 6) is 0.418. The number of hydrogen-bond acceptors (Lipinski definition) is 4. The van der Waals surface area contributed by atoms with Crippen molar-refractivity contribution in [2.75, 3.05) is 23.5 Å². The largest absolute Gasteiger partial charge is 0.495 e. The van der Waals surface area contributed by atoms with Gasteiger partial charge in [-0.05, 0) is 59.3 Å². The molecule has 0 aliphatic heterocycles. The first-order valence-corrected chi connectivity index (χ1v) is 11.5. The molecule has 0 spiro atoms. The highest BCUT2D eigenvalue weighted by Crippen LogP contribution is 2.28. The average Bonchev–Trinajstić information content (AvgIpc) is 2.83. The Hall–Kier alpha value is -3.48. The van der Waals surface area contributed by atoms with Crippen molar-refractivity contribution in [3.8, 4) is 5.75 Å². The SMILES string of the molecule is COc1ccc(NC(=O)CSc2cccc(NC(=O)c3ccc4ccccc4c3)c2)cc1Cl. The Balaban J connectivity index is 1.35. The fourth-order valence-corrected chi connectivity index (χ4v) is 4.30. The van der Waals surface area contributed by atoms with E-state index in [1.54, 1.807) is 18.2 Å². The van der Waals surface area contributed by atoms with Gasteiger partial charge >= 0.3 is 0 Å². The third kappa shape index (κ3) is 5.86. The van der Waals surface area contributed by atoms with Crippen LogP contribution in [0.1, 0.15) is 10.4 Å². The third-order valence-electron chi connectivity index (χ3n) is 4.91. The molecular weight excluding hydrogens is 456 g/mol. The Bertz CT molecular complexity index is 1330. The summed E-state index contributed by atoms with van der Waals surface area (Å²) in [5.41, 5.74) is 1.85. The number of hydrogen-bond donors (Lipinski definition) is 2. The maximum absolute atomic E-state index is 12.7. The van der Waals surface area contributed by atoms with E-state index in [2.05, 4.69) is 10.6 Å². The van der Waals surface area contributed by atoms with Crippen LogP contribution in [0.15, 0.2) is 89.8 Å². The standard InChI is InChI=1S/C26H21ClN2O3S/c1-32-24-12-11-21(15-23(24)27)28-25(30)16-33-22-8-4-7-20(14-22)29-26(31)19-10-9-17-5-2-3-6-18(17)13-19/h2-15H,16H2,1H3,(H,28,30)(H,29,31). The predicted octanol–water partition coefficient (Wildman–Crippen LogP) is 6.48. The van der Waals surface area contributed by atoms with E-state index in [4.69, 9.17) is 16.3 Å². The average molecular weight is 477 g/mol. The van der Waals surface area contributed by atoms with E-state index in [1.165, 1.54) is 18.9 Å². The highest BCUT2D eigenvalue weighted by molar-refractivity contribution is 8.00. The molecule has 0 fully saturated rings. The van der Waals surface area contributed by atoms with Crippen molar-refractivity contribution in [2.45, 2.75) is 4.90 Å². The van der Waals surface area contributed by atoms with Gasteiger partial charge in [-0.25, -0.2) is 0 Å². The van der Waals surface area contributed by atoms with Gasteiger partial charge in [-0.1, -0.05) is 48.0 Å². The van der Waals surface area contributed by atoms with Crippen molar-refractivity contribution >= 4 is 57.3 Å². The smallest absolute Gasteiger partial charge is 0.255 e. The highest BCUT2D eigenvalue weighted by Gasteiger charge is 2.09. The summed E-state index contributed by atoms with van der Waals surface area (Å²) in [7, 11) is 1.54. The molecule has 0 saturated carbocycles. The first-order chi connectivity index (χ1) is 16.0. The van der Waals surface area contributed by atoms with Crippen LogP contribution in [0.5, 0.6) is 5.75 Å². The van der Waals surface area contributed by atoms with E-state index >= 15 is 0 Å². The molecule has 0 heterocycles. The van der Waals surface area contributed by atoms with E-state index in [1.807, 2.05) is 66.7 Å². The summed E-state index contributed by atoms with van der Waals surface area (Å²) in [5, 5.41) is 8.27. The second-order valence-corrected chi connectivity index (χ2v) is 8.69. The van der Waals surface area contributed by atoms with Crippen LogP contribution in [0, 0.1) is 0 Å². The maximum Gasteiger partial charge on any atom is 0.255 e. The van der Waals surface area contributed by atoms with Crippen LogP contribution in [0.2, 0.25) is 5.02 Å². The van der Waals surface area contributed by atoms with Crippen LogP contribution in [0.4, 0.5) is 11.4 Å². The van der Waals surface area contributed by atoms with Gasteiger partial charge in [0.25, 0.3) is 5.91 Å². The van der Waals surface area contributed by atoms with Crippen molar-refractivity contribution in [2.24, 2.45) is 0 Å². The van der Waals surface area contributed by atoms with Crippen molar-refractivity contribution in [1.82, 2.24) is 0 Å². The second kappa shape index (κ2) is 10.4. The molecule has 0 bridgehead atoms. The summed E-state index contributed by atoms with van der Waals surface area (Å²) >= 11 is 7.48. The number of carbonyl (C=O) groups is 2. The molecule has 0 aromatic heterocycles. The van der Waals surface area contributed by atoms with Crippen LogP contribution < -0.4 is 15.4 Å². The van der Waals surface area contributed by atoms with Gasteiger partial charge in [-0.15, -0.1) is 11.8 Å². The molecule has 0 aliphatic carbocycles. The van der Waals surface area contributed by atoms with E-state index in [0.717, 1.165) is 15.7 Å². The lowest BCUT2D eigenvalue weighted by molar-refractivity contribution is -0.113. The monoisotopic (exact) mass is 476 g/mol. The van der Waals surface area contributed by atoms with Crippen LogP contribution in [0.25, 0.3) is 10.8 Å². The quantitative estimate of drug-likeness (QED) is 0.299. The molecule has 0 radical (unpaired) electrons. The molecular formula is C26H21ClN2O3S. The van der Waals surface area contributed by atoms with Gasteiger partial charge in [0.2, 0.25) is 5.91 Å². The molecule has 0 saturated heterocycles. The summed E-state index contributed by atoms with van der Waals surface area (Å²) in [6, 6.07) is 26.0. The molecule has 33 heavy (non-hydrogen) atoms. The molecule has 5 nitrogen and oxygen atoms in total. The van der Waals surface area contributed by atoms with Crippen molar-refractivity contribution < 1.29 is 14.3 Å². The number of thioether (sulfide) groups is 1. The number of anilines is 2. The Labute approximate surface area is 201 Å². The second-order valence-electron chi connectivity index (χ2n) is 7.23. The zero-order valence-electron chi connectivity index (χ0n) is 17.8. The number of amides is 2. The first-order valence-electron chi connectivity index (χ1n) is 10.2. The van der Waals surface area contributed by atoms with Gasteiger partial charge < -0.3 is 15.4 Å². The first kappa shape index (κ1) is 22.7. The fraction of sp³-hybridized carbons (Fsp3) is 0.0769. The maximum atomic E-state index is 12.7. The normalized spacial score (nSPS) is 10.6. The Morgan fingerprint density at radius 3 is 2.42 bits per heavy atom. The number of rotatable bonds is 7. The van der Waals surface area contributed by atoms with Gasteiger partial charge in [0.05, 0.1) is 17.9 Å². The van der Waals surface area contributed by atoms with E-state index < -0.39 is 0 Å². The highest BCUT2D eigenvalue weighted by atomic mass is 35.5. The van der Waals surface area contributed by atoms with Gasteiger partial charge in [-0.3, -0.25) is 9.59 Å². The molecule has 166 valence electrons. The molecule has 0 unspecified atom stereocenters. The van der Waals surface area contributed by atoms with Crippen LogP contribution in [-0.4, -0.2) is 24.7 Å². The molecule has 4 rings (SSSR count). The minimum Gasteiger partial charge on any atom is -0.495 e. The molecule has 2 N–H and O–H groups in total. The summed E-state index contributed by atoms with van der Waals surface area (Å²) < 4.78 is 5.12. The lowest BCUT2D eigenvalue weighted by Crippen LogP contribution is -2.14. The molecule has 2 amide bonds. The van der Waals surface area contributed by atoms with Crippen LogP contribution in [-0.2, 0) is 4.79 Å². The zero-order chi connectivity index (χ0) is 23.2. The third-order valence-corrected chi connectivity index (χ3v) is 6.20. The number of methoxy groups -OCH3 is 1. The van der Waals surface area contributed by atoms with E-state index in [0.29, 0.717) is 27.7 Å². The topological polar surface area (TPSA) is 67.4 Å². The number of fused-ring (bicyclic) bond motifs is 1. The lowest BCUT2D eigenvalue weighted by Gasteiger charge is -2.09. The lowest BCUT2D eigenvalue weighted by atomic mass is 10.1. The number of ether oxygens (including phenoxy) is 1. The van der Waals surface area contributed by atoms with Gasteiger partial charge in [0.1, 0.15) is 5.75 Å². The molecule has 4 aromatic carbocycles. The number of carbonyl (C=O) groups excluding carboxylic acids is 2. The van der Waals surface area contributed by atoms with Crippen molar-refractivity contribution in [3.63, 3.8) is 0 Å². The Morgan fingerprint density at radius 1 is 0.848 bits per heavy atom. The predicted molar refractivity (Wildman–Crippen MR) is 136 cm³/mol. The molecule has 4 aromatic rings. The van der Waals surface area contributed by atoms with Crippen molar-refractivity contribution in [3.05, 3.63) is 95.5 Å². The Morgan fingerprint density at radius 2 is 1.64 bits per heavy atom. The van der Waals surface area contributed by atoms with Gasteiger partial charge in [-0.2, -0.15) is 0 Å². The summed E-state index contributed by atoms with van der Waals surface area (Å²) in [6.45, 7) is 0. The number of nitrogens with one attached hydrogen (secondary N) is 2. The van der Waals surface area contributed by atoms with Crippen LogP contribution >= 0.6 is 23.4 Å².